The van der Waals surface area contributed by atoms with E-state index < -0.39 is 10.8 Å². The zero-order chi connectivity index (χ0) is 16.5. The molecule has 1 atom stereocenters. The van der Waals surface area contributed by atoms with Crippen LogP contribution in [0.4, 0.5) is 0 Å². The molecule has 1 fully saturated rings. The molecule has 0 radical (unpaired) electrons. The Morgan fingerprint density at radius 1 is 1.39 bits per heavy atom. The zero-order valence-corrected chi connectivity index (χ0v) is 14.8. The standard InChI is InChI=1S/C17H27N3O2S/c1-18-17(20(2)11-12-22-14-15-8-9-15)19-10-13-23(21)16-6-4-3-5-7-16/h3-7,15H,8-14H2,1-2H3,(H,18,19). The van der Waals surface area contributed by atoms with Crippen LogP contribution in [-0.4, -0.2) is 61.2 Å². The monoisotopic (exact) mass is 337 g/mol. The Morgan fingerprint density at radius 3 is 2.78 bits per heavy atom. The molecular weight excluding hydrogens is 310 g/mol. The van der Waals surface area contributed by atoms with Crippen LogP contribution in [0.3, 0.4) is 0 Å². The number of hydrogen-bond acceptors (Lipinski definition) is 3. The largest absolute Gasteiger partial charge is 0.379 e. The first kappa shape index (κ1) is 17.9. The van der Waals surface area contributed by atoms with Crippen molar-refractivity contribution in [3.63, 3.8) is 0 Å². The van der Waals surface area contributed by atoms with Crippen molar-refractivity contribution in [1.29, 1.82) is 0 Å². The van der Waals surface area contributed by atoms with Gasteiger partial charge in [-0.25, -0.2) is 0 Å². The number of nitrogens with one attached hydrogen (secondary N) is 1. The highest BCUT2D eigenvalue weighted by atomic mass is 32.2. The van der Waals surface area contributed by atoms with Crippen molar-refractivity contribution >= 4 is 16.8 Å². The second kappa shape index (κ2) is 9.67. The van der Waals surface area contributed by atoms with E-state index in [2.05, 4.69) is 10.3 Å². The van der Waals surface area contributed by atoms with Crippen molar-refractivity contribution in [3.05, 3.63) is 30.3 Å². The average Bonchev–Trinajstić information content (AvgIpc) is 3.40. The molecule has 1 unspecified atom stereocenters. The molecule has 0 bridgehead atoms. The van der Waals surface area contributed by atoms with Crippen molar-refractivity contribution in [2.75, 3.05) is 46.2 Å². The molecule has 6 heteroatoms. The molecule has 1 aliphatic carbocycles. The van der Waals surface area contributed by atoms with Crippen molar-refractivity contribution in [3.8, 4) is 0 Å². The molecule has 0 heterocycles. The summed E-state index contributed by atoms with van der Waals surface area (Å²) < 4.78 is 17.8. The molecule has 0 amide bonds. The molecule has 0 aromatic heterocycles. The summed E-state index contributed by atoms with van der Waals surface area (Å²) in [5.74, 6) is 2.17. The van der Waals surface area contributed by atoms with Gasteiger partial charge in [-0.2, -0.15) is 0 Å². The molecule has 1 saturated carbocycles. The Hall–Kier alpha value is -1.40. The van der Waals surface area contributed by atoms with Crippen LogP contribution < -0.4 is 5.32 Å². The fourth-order valence-electron chi connectivity index (χ4n) is 2.17. The minimum atomic E-state index is -0.981. The van der Waals surface area contributed by atoms with Gasteiger partial charge >= 0.3 is 0 Å². The lowest BCUT2D eigenvalue weighted by atomic mass is 10.4. The van der Waals surface area contributed by atoms with Gasteiger partial charge in [0.25, 0.3) is 0 Å². The third-order valence-corrected chi connectivity index (χ3v) is 5.14. The molecule has 2 rings (SSSR count). The van der Waals surface area contributed by atoms with E-state index in [1.807, 2.05) is 42.3 Å². The number of aliphatic imine (C=N–C) groups is 1. The van der Waals surface area contributed by atoms with Gasteiger partial charge in [-0.05, 0) is 30.9 Å². The molecule has 0 aliphatic heterocycles. The summed E-state index contributed by atoms with van der Waals surface area (Å²) in [5.41, 5.74) is 0. The molecule has 1 aromatic rings. The molecule has 0 saturated heterocycles. The first-order chi connectivity index (χ1) is 11.2. The van der Waals surface area contributed by atoms with Gasteiger partial charge in [-0.1, -0.05) is 18.2 Å². The van der Waals surface area contributed by atoms with Gasteiger partial charge in [0.05, 0.1) is 17.4 Å². The van der Waals surface area contributed by atoms with Crippen molar-refractivity contribution in [2.24, 2.45) is 10.9 Å². The lowest BCUT2D eigenvalue weighted by Crippen LogP contribution is -2.42. The summed E-state index contributed by atoms with van der Waals surface area (Å²) in [6, 6.07) is 9.55. The number of hydrogen-bond donors (Lipinski definition) is 1. The Morgan fingerprint density at radius 2 is 2.13 bits per heavy atom. The van der Waals surface area contributed by atoms with Gasteiger partial charge in [0, 0.05) is 44.4 Å². The van der Waals surface area contributed by atoms with Crippen molar-refractivity contribution < 1.29 is 8.95 Å². The number of ether oxygens (including phenoxy) is 1. The van der Waals surface area contributed by atoms with Crippen LogP contribution >= 0.6 is 0 Å². The quantitative estimate of drug-likeness (QED) is 0.424. The van der Waals surface area contributed by atoms with Crippen LogP contribution in [0.25, 0.3) is 0 Å². The van der Waals surface area contributed by atoms with E-state index in [1.54, 1.807) is 7.05 Å². The number of guanidine groups is 1. The second-order valence-corrected chi connectivity index (χ2v) is 7.35. The smallest absolute Gasteiger partial charge is 0.193 e. The minimum Gasteiger partial charge on any atom is -0.379 e. The molecular formula is C17H27N3O2S. The summed E-state index contributed by atoms with van der Waals surface area (Å²) in [6.07, 6.45) is 2.63. The number of likely N-dealkylation sites (N-methyl/N-ethyl adjacent to an activating group) is 1. The summed E-state index contributed by atoms with van der Waals surface area (Å²) in [4.78, 5) is 7.17. The van der Waals surface area contributed by atoms with E-state index in [-0.39, 0.29) is 0 Å². The molecule has 5 nitrogen and oxygen atoms in total. The van der Waals surface area contributed by atoms with Crippen LogP contribution in [0.2, 0.25) is 0 Å². The molecule has 0 spiro atoms. The predicted octanol–water partition coefficient (Wildman–Crippen LogP) is 1.73. The normalized spacial score (nSPS) is 16.2. The number of benzene rings is 1. The van der Waals surface area contributed by atoms with Crippen LogP contribution in [-0.2, 0) is 15.5 Å². The first-order valence-electron chi connectivity index (χ1n) is 8.13. The zero-order valence-electron chi connectivity index (χ0n) is 14.0. The van der Waals surface area contributed by atoms with Crippen LogP contribution in [0, 0.1) is 5.92 Å². The fraction of sp³-hybridized carbons (Fsp3) is 0.588. The Balaban J connectivity index is 1.64. The topological polar surface area (TPSA) is 53.9 Å². The SMILES string of the molecule is CN=C(NCCS(=O)c1ccccc1)N(C)CCOCC1CC1. The molecule has 1 aliphatic rings. The Bertz CT molecular complexity index is 518. The van der Waals surface area contributed by atoms with Gasteiger partial charge < -0.3 is 15.0 Å². The minimum absolute atomic E-state index is 0.565. The second-order valence-electron chi connectivity index (χ2n) is 5.78. The lowest BCUT2D eigenvalue weighted by molar-refractivity contribution is 0.115. The maximum absolute atomic E-state index is 12.2. The van der Waals surface area contributed by atoms with Gasteiger partial charge in [0.15, 0.2) is 5.96 Å². The summed E-state index contributed by atoms with van der Waals surface area (Å²) in [7, 11) is 2.77. The summed E-state index contributed by atoms with van der Waals surface area (Å²) in [6.45, 7) is 3.02. The predicted molar refractivity (Wildman–Crippen MR) is 95.3 cm³/mol. The van der Waals surface area contributed by atoms with Crippen LogP contribution in [0.5, 0.6) is 0 Å². The lowest BCUT2D eigenvalue weighted by Gasteiger charge is -2.22. The van der Waals surface area contributed by atoms with Crippen LogP contribution in [0.1, 0.15) is 12.8 Å². The van der Waals surface area contributed by atoms with E-state index in [1.165, 1.54) is 12.8 Å². The summed E-state index contributed by atoms with van der Waals surface area (Å²) >= 11 is 0. The van der Waals surface area contributed by atoms with Crippen LogP contribution in [0.15, 0.2) is 40.2 Å². The van der Waals surface area contributed by atoms with Crippen molar-refractivity contribution in [2.45, 2.75) is 17.7 Å². The third kappa shape index (κ3) is 6.71. The Labute approximate surface area is 141 Å². The van der Waals surface area contributed by atoms with E-state index in [4.69, 9.17) is 4.74 Å². The van der Waals surface area contributed by atoms with Gasteiger partial charge in [-0.15, -0.1) is 0 Å². The number of rotatable bonds is 9. The fourth-order valence-corrected chi connectivity index (χ4v) is 3.16. The van der Waals surface area contributed by atoms with E-state index in [9.17, 15) is 4.21 Å². The van der Waals surface area contributed by atoms with E-state index in [0.29, 0.717) is 18.9 Å². The van der Waals surface area contributed by atoms with E-state index >= 15 is 0 Å². The third-order valence-electron chi connectivity index (χ3n) is 3.77. The highest BCUT2D eigenvalue weighted by Gasteiger charge is 2.21. The highest BCUT2D eigenvalue weighted by molar-refractivity contribution is 7.85. The van der Waals surface area contributed by atoms with Gasteiger partial charge in [0.2, 0.25) is 0 Å². The molecule has 1 aromatic carbocycles. The van der Waals surface area contributed by atoms with Gasteiger partial charge in [0.1, 0.15) is 0 Å². The Kier molecular flexibility index (Phi) is 7.55. The van der Waals surface area contributed by atoms with E-state index in [0.717, 1.165) is 29.9 Å². The molecule has 1 N–H and O–H groups in total. The molecule has 128 valence electrons. The maximum atomic E-state index is 12.2. The average molecular weight is 337 g/mol. The first-order valence-corrected chi connectivity index (χ1v) is 9.45. The maximum Gasteiger partial charge on any atom is 0.193 e. The number of nitrogens with zero attached hydrogens (tertiary/aromatic N) is 2. The molecule has 23 heavy (non-hydrogen) atoms. The highest BCUT2D eigenvalue weighted by Crippen LogP contribution is 2.28. The van der Waals surface area contributed by atoms with Crippen molar-refractivity contribution in [1.82, 2.24) is 10.2 Å². The van der Waals surface area contributed by atoms with Gasteiger partial charge in [-0.3, -0.25) is 9.20 Å². The summed E-state index contributed by atoms with van der Waals surface area (Å²) in [5, 5.41) is 3.26.